The molecule has 0 aliphatic carbocycles. The van der Waals surface area contributed by atoms with Crippen LogP contribution in [0, 0.1) is 0 Å². The number of hydrogen-bond donors (Lipinski definition) is 0. The minimum Gasteiger partial charge on any atom is -0.462 e. The monoisotopic (exact) mass is 1150 g/mol. The highest BCUT2D eigenvalue weighted by Gasteiger charge is 2.19. The smallest absolute Gasteiger partial charge is 0.306 e. The Labute approximate surface area is 513 Å². The predicted octanol–water partition coefficient (Wildman–Crippen LogP) is 24.3. The maximum absolute atomic E-state index is 12.9. The molecule has 0 rings (SSSR count). The van der Waals surface area contributed by atoms with Crippen molar-refractivity contribution in [2.75, 3.05) is 13.2 Å². The van der Waals surface area contributed by atoms with Crippen LogP contribution in [-0.2, 0) is 28.6 Å². The van der Waals surface area contributed by atoms with Crippen molar-refractivity contribution in [1.82, 2.24) is 0 Å². The molecule has 6 nitrogen and oxygen atoms in total. The van der Waals surface area contributed by atoms with Crippen LogP contribution in [0.25, 0.3) is 0 Å². The zero-order chi connectivity index (χ0) is 59.9. The van der Waals surface area contributed by atoms with Crippen LogP contribution in [0.4, 0.5) is 0 Å². The van der Waals surface area contributed by atoms with E-state index in [1.54, 1.807) is 0 Å². The zero-order valence-electron chi connectivity index (χ0n) is 54.4. The van der Waals surface area contributed by atoms with Gasteiger partial charge in [0.1, 0.15) is 13.2 Å². The molecule has 1 unspecified atom stereocenters. The SMILES string of the molecule is CC/C=C\C/C=C\C/C=C\C/C=C\C/C=C\CCCCCCCCCCCCCCCCCC(=O)OCC(COC(=O)CCCCCCCCCCCCCCCCCCC)OC(=O)CCC/C=C\C/C=C\C/C=C\C/C=C\C/C=C\CC. The normalized spacial score (nSPS) is 12.9. The van der Waals surface area contributed by atoms with Crippen molar-refractivity contribution in [1.29, 1.82) is 0 Å². The van der Waals surface area contributed by atoms with Gasteiger partial charge in [0.05, 0.1) is 0 Å². The van der Waals surface area contributed by atoms with Crippen LogP contribution in [0.5, 0.6) is 0 Å². The Kier molecular flexibility index (Phi) is 66.7. The number of esters is 3. The summed E-state index contributed by atoms with van der Waals surface area (Å²) in [5, 5.41) is 0. The lowest BCUT2D eigenvalue weighted by Gasteiger charge is -2.18. The molecule has 0 amide bonds. The molecule has 0 fully saturated rings. The molecule has 0 aromatic rings. The summed E-state index contributed by atoms with van der Waals surface area (Å²) < 4.78 is 16.9. The average molecular weight is 1150 g/mol. The van der Waals surface area contributed by atoms with Gasteiger partial charge in [-0.25, -0.2) is 0 Å². The third kappa shape index (κ3) is 68.5. The second-order valence-electron chi connectivity index (χ2n) is 23.0. The highest BCUT2D eigenvalue weighted by atomic mass is 16.6. The average Bonchev–Trinajstić information content (AvgIpc) is 3.49. The predicted molar refractivity (Wildman–Crippen MR) is 362 cm³/mol. The van der Waals surface area contributed by atoms with Gasteiger partial charge in [-0.15, -0.1) is 0 Å². The Hall–Kier alpha value is -4.19. The van der Waals surface area contributed by atoms with Crippen LogP contribution in [0.2, 0.25) is 0 Å². The maximum Gasteiger partial charge on any atom is 0.306 e. The molecule has 0 aliphatic rings. The molecule has 0 aromatic heterocycles. The Morgan fingerprint density at radius 2 is 0.482 bits per heavy atom. The number of allylic oxidation sites excluding steroid dienone is 20. The molecule has 83 heavy (non-hydrogen) atoms. The summed E-state index contributed by atoms with van der Waals surface area (Å²) in [6, 6.07) is 0. The van der Waals surface area contributed by atoms with Crippen LogP contribution in [0.3, 0.4) is 0 Å². The van der Waals surface area contributed by atoms with Gasteiger partial charge in [0.2, 0.25) is 0 Å². The van der Waals surface area contributed by atoms with E-state index in [0.29, 0.717) is 19.3 Å². The zero-order valence-corrected chi connectivity index (χ0v) is 54.4. The standard InChI is InChI=1S/C77H130O6/c1-4-7-10-13-16-19-22-25-28-31-32-33-34-35-36-37-38-39-40-41-42-43-44-47-49-52-55-58-61-64-67-70-76(79)82-73-74(83-77(80)71-68-65-62-59-56-53-50-46-30-27-24-21-18-15-12-9-6-3)72-81-75(78)69-66-63-60-57-54-51-48-45-29-26-23-20-17-14-11-8-5-2/h7,9-10,12,16,18-19,21,25,27-28,30,32-33,35-36,50,53,59,62,74H,4-6,8,11,13-15,17,20,22-24,26,29,31,34,37-49,51-52,54-58,60-61,63-73H2,1-3H3/b10-7-,12-9-,19-16-,21-18-,28-25-,30-27-,33-32-,36-35-,53-50-,62-59-. The van der Waals surface area contributed by atoms with E-state index < -0.39 is 6.10 Å². The first-order chi connectivity index (χ1) is 41.0. The molecule has 0 radical (unpaired) electrons. The van der Waals surface area contributed by atoms with Gasteiger partial charge in [0.25, 0.3) is 0 Å². The summed E-state index contributed by atoms with van der Waals surface area (Å²) in [5.74, 6) is -0.944. The number of carbonyl (C=O) groups is 3. The first-order valence-corrected chi connectivity index (χ1v) is 35.0. The Morgan fingerprint density at radius 1 is 0.253 bits per heavy atom. The van der Waals surface area contributed by atoms with Crippen molar-refractivity contribution in [2.45, 2.75) is 335 Å². The Morgan fingerprint density at radius 3 is 0.771 bits per heavy atom. The second-order valence-corrected chi connectivity index (χ2v) is 23.0. The minimum atomic E-state index is -0.809. The van der Waals surface area contributed by atoms with Crippen LogP contribution in [0.15, 0.2) is 122 Å². The molecule has 474 valence electrons. The van der Waals surface area contributed by atoms with Crippen molar-refractivity contribution >= 4 is 17.9 Å². The van der Waals surface area contributed by atoms with Crippen molar-refractivity contribution in [3.8, 4) is 0 Å². The van der Waals surface area contributed by atoms with Gasteiger partial charge in [-0.3, -0.25) is 14.4 Å². The molecule has 0 aromatic carbocycles. The number of hydrogen-bond acceptors (Lipinski definition) is 6. The summed E-state index contributed by atoms with van der Waals surface area (Å²) >= 11 is 0. The Bertz CT molecular complexity index is 1700. The molecular weight excluding hydrogens is 1020 g/mol. The summed E-state index contributed by atoms with van der Waals surface area (Å²) in [7, 11) is 0. The first kappa shape index (κ1) is 78.8. The van der Waals surface area contributed by atoms with Crippen molar-refractivity contribution in [3.05, 3.63) is 122 Å². The largest absolute Gasteiger partial charge is 0.462 e. The maximum atomic E-state index is 12.9. The van der Waals surface area contributed by atoms with E-state index in [4.69, 9.17) is 14.2 Å². The summed E-state index contributed by atoms with van der Waals surface area (Å²) in [5.41, 5.74) is 0. The topological polar surface area (TPSA) is 78.9 Å². The number of rotatable bonds is 63. The molecule has 0 N–H and O–H groups in total. The minimum absolute atomic E-state index is 0.0982. The Balaban J connectivity index is 4.31. The van der Waals surface area contributed by atoms with E-state index in [1.807, 2.05) is 0 Å². The molecule has 0 aliphatic heterocycles. The van der Waals surface area contributed by atoms with Crippen LogP contribution < -0.4 is 0 Å². The number of ether oxygens (including phenoxy) is 3. The van der Waals surface area contributed by atoms with E-state index in [1.165, 1.54) is 173 Å². The number of unbranched alkanes of at least 4 members (excludes halogenated alkanes) is 32. The van der Waals surface area contributed by atoms with E-state index in [9.17, 15) is 14.4 Å². The van der Waals surface area contributed by atoms with E-state index in [2.05, 4.69) is 142 Å². The van der Waals surface area contributed by atoms with E-state index in [-0.39, 0.29) is 37.5 Å². The van der Waals surface area contributed by atoms with Crippen molar-refractivity contribution < 1.29 is 28.6 Å². The summed E-state index contributed by atoms with van der Waals surface area (Å²) in [4.78, 5) is 38.4. The fourth-order valence-corrected chi connectivity index (χ4v) is 9.80. The fraction of sp³-hybridized carbons (Fsp3) is 0.701. The third-order valence-corrected chi connectivity index (χ3v) is 15.0. The molecule has 6 heteroatoms. The molecule has 0 spiro atoms. The molecule has 0 saturated heterocycles. The van der Waals surface area contributed by atoms with E-state index >= 15 is 0 Å². The van der Waals surface area contributed by atoms with Gasteiger partial charge in [-0.1, -0.05) is 328 Å². The van der Waals surface area contributed by atoms with Gasteiger partial charge < -0.3 is 14.2 Å². The van der Waals surface area contributed by atoms with Crippen LogP contribution in [0.1, 0.15) is 329 Å². The lowest BCUT2D eigenvalue weighted by Crippen LogP contribution is -2.30. The molecule has 0 bridgehead atoms. The quantitative estimate of drug-likeness (QED) is 0.0261. The summed E-state index contributed by atoms with van der Waals surface area (Å²) in [6.07, 6.45) is 98.0. The van der Waals surface area contributed by atoms with Gasteiger partial charge in [0.15, 0.2) is 6.10 Å². The molecule has 1 atom stereocenters. The summed E-state index contributed by atoms with van der Waals surface area (Å²) in [6.45, 7) is 6.40. The third-order valence-electron chi connectivity index (χ3n) is 15.0. The first-order valence-electron chi connectivity index (χ1n) is 35.0. The lowest BCUT2D eigenvalue weighted by atomic mass is 10.0. The van der Waals surface area contributed by atoms with Crippen LogP contribution >= 0.6 is 0 Å². The van der Waals surface area contributed by atoms with E-state index in [0.717, 1.165) is 109 Å². The van der Waals surface area contributed by atoms with Crippen LogP contribution in [-0.4, -0.2) is 37.2 Å². The van der Waals surface area contributed by atoms with Crippen molar-refractivity contribution in [2.24, 2.45) is 0 Å². The van der Waals surface area contributed by atoms with Gasteiger partial charge >= 0.3 is 17.9 Å². The highest BCUT2D eigenvalue weighted by Crippen LogP contribution is 2.17. The molecule has 0 heterocycles. The van der Waals surface area contributed by atoms with Gasteiger partial charge in [0, 0.05) is 19.3 Å². The van der Waals surface area contributed by atoms with Crippen molar-refractivity contribution in [3.63, 3.8) is 0 Å². The van der Waals surface area contributed by atoms with Gasteiger partial charge in [-0.05, 0) is 103 Å². The fourth-order valence-electron chi connectivity index (χ4n) is 9.80. The molecule has 0 saturated carbocycles. The highest BCUT2D eigenvalue weighted by molar-refractivity contribution is 5.71. The lowest BCUT2D eigenvalue weighted by molar-refractivity contribution is -0.167. The molecular formula is C77H130O6. The second kappa shape index (κ2) is 70.3. The number of carbonyl (C=O) groups excluding carboxylic acids is 3. The van der Waals surface area contributed by atoms with Gasteiger partial charge in [-0.2, -0.15) is 0 Å².